The molecule has 3 nitrogen and oxygen atoms in total. The van der Waals surface area contributed by atoms with Gasteiger partial charge in [0.25, 0.3) is 0 Å². The van der Waals surface area contributed by atoms with Gasteiger partial charge in [0.05, 0.1) is 5.41 Å². The third-order valence-electron chi connectivity index (χ3n) is 5.71. The number of likely N-dealkylation sites (tertiary alicyclic amines) is 1. The van der Waals surface area contributed by atoms with Crippen molar-refractivity contribution >= 4 is 29.7 Å². The van der Waals surface area contributed by atoms with Gasteiger partial charge in [0.2, 0.25) is 5.91 Å². The van der Waals surface area contributed by atoms with Crippen LogP contribution in [0.15, 0.2) is 17.5 Å². The van der Waals surface area contributed by atoms with Crippen molar-refractivity contribution in [2.24, 2.45) is 11.1 Å². The Morgan fingerprint density at radius 3 is 2.57 bits per heavy atom. The van der Waals surface area contributed by atoms with E-state index in [9.17, 15) is 4.79 Å². The summed E-state index contributed by atoms with van der Waals surface area (Å²) in [5.41, 5.74) is 6.00. The summed E-state index contributed by atoms with van der Waals surface area (Å²) in [6, 6.07) is 4.44. The summed E-state index contributed by atoms with van der Waals surface area (Å²) in [4.78, 5) is 16.8. The predicted molar refractivity (Wildman–Crippen MR) is 99.3 cm³/mol. The van der Waals surface area contributed by atoms with Crippen LogP contribution in [0, 0.1) is 5.41 Å². The molecule has 2 fully saturated rings. The molecule has 1 aliphatic carbocycles. The Labute approximate surface area is 150 Å². The van der Waals surface area contributed by atoms with Gasteiger partial charge < -0.3 is 10.6 Å². The number of nitrogens with two attached hydrogens (primary N) is 1. The van der Waals surface area contributed by atoms with Crippen LogP contribution in [-0.4, -0.2) is 29.9 Å². The van der Waals surface area contributed by atoms with Crippen molar-refractivity contribution in [1.29, 1.82) is 0 Å². The van der Waals surface area contributed by atoms with Gasteiger partial charge in [-0.05, 0) is 36.1 Å². The summed E-state index contributed by atoms with van der Waals surface area (Å²) in [7, 11) is 0. The SMILES string of the molecule is CC1(C)CN(C(=O)C2(c3cccs3)CCCCC2)CCC1N.Cl. The first kappa shape index (κ1) is 18.8. The normalized spacial score (nSPS) is 26.4. The maximum Gasteiger partial charge on any atom is 0.234 e. The van der Waals surface area contributed by atoms with Gasteiger partial charge in [-0.1, -0.05) is 39.2 Å². The Hall–Kier alpha value is -0.580. The second-order valence-corrected chi connectivity index (χ2v) is 8.68. The standard InChI is InChI=1S/C18H28N2OS.ClH/c1-17(2)13-20(11-8-14(17)19)16(21)18(9-4-3-5-10-18)15-7-6-12-22-15;/h6-7,12,14H,3-5,8-11,13,19H2,1-2H3;1H. The molecule has 3 rings (SSSR count). The minimum Gasteiger partial charge on any atom is -0.341 e. The van der Waals surface area contributed by atoms with Crippen LogP contribution in [0.5, 0.6) is 0 Å². The molecular formula is C18H29ClN2OS. The predicted octanol–water partition coefficient (Wildman–Crippen LogP) is 3.96. The fraction of sp³-hybridized carbons (Fsp3) is 0.722. The molecule has 1 unspecified atom stereocenters. The minimum absolute atomic E-state index is 0. The number of thiophene rings is 1. The molecule has 5 heteroatoms. The molecule has 1 saturated heterocycles. The molecule has 2 aliphatic rings. The number of piperidine rings is 1. The number of carbonyl (C=O) groups excluding carboxylic acids is 1. The van der Waals surface area contributed by atoms with E-state index in [2.05, 4.69) is 36.3 Å². The molecule has 1 amide bonds. The molecule has 0 aromatic carbocycles. The lowest BCUT2D eigenvalue weighted by Gasteiger charge is -2.47. The summed E-state index contributed by atoms with van der Waals surface area (Å²) < 4.78 is 0. The molecule has 130 valence electrons. The zero-order valence-electron chi connectivity index (χ0n) is 14.2. The maximum atomic E-state index is 13.5. The van der Waals surface area contributed by atoms with Crippen molar-refractivity contribution < 1.29 is 4.79 Å². The smallest absolute Gasteiger partial charge is 0.234 e. The summed E-state index contributed by atoms with van der Waals surface area (Å²) in [6.07, 6.45) is 6.53. The summed E-state index contributed by atoms with van der Waals surface area (Å²) in [6.45, 7) is 5.99. The Morgan fingerprint density at radius 2 is 2.00 bits per heavy atom. The topological polar surface area (TPSA) is 46.3 Å². The van der Waals surface area contributed by atoms with E-state index < -0.39 is 0 Å². The Bertz CT molecular complexity index is 523. The highest BCUT2D eigenvalue weighted by Gasteiger charge is 2.46. The molecule has 1 aliphatic heterocycles. The Morgan fingerprint density at radius 1 is 1.30 bits per heavy atom. The van der Waals surface area contributed by atoms with E-state index >= 15 is 0 Å². The third kappa shape index (κ3) is 3.45. The largest absolute Gasteiger partial charge is 0.341 e. The van der Waals surface area contributed by atoms with E-state index in [1.807, 2.05) is 0 Å². The second kappa shape index (κ2) is 7.12. The lowest BCUT2D eigenvalue weighted by Crippen LogP contribution is -2.58. The first-order chi connectivity index (χ1) is 10.5. The first-order valence-electron chi connectivity index (χ1n) is 8.55. The van der Waals surface area contributed by atoms with E-state index in [-0.39, 0.29) is 29.3 Å². The van der Waals surface area contributed by atoms with Crippen LogP contribution in [0.25, 0.3) is 0 Å². The van der Waals surface area contributed by atoms with E-state index in [0.29, 0.717) is 5.91 Å². The molecule has 1 atom stereocenters. The molecule has 23 heavy (non-hydrogen) atoms. The van der Waals surface area contributed by atoms with Crippen LogP contribution in [0.4, 0.5) is 0 Å². The van der Waals surface area contributed by atoms with Gasteiger partial charge in [-0.15, -0.1) is 23.7 Å². The summed E-state index contributed by atoms with van der Waals surface area (Å²) >= 11 is 1.75. The van der Waals surface area contributed by atoms with Gasteiger partial charge in [0.1, 0.15) is 0 Å². The zero-order chi connectivity index (χ0) is 15.8. The number of rotatable bonds is 2. The third-order valence-corrected chi connectivity index (χ3v) is 6.78. The lowest BCUT2D eigenvalue weighted by atomic mass is 9.70. The second-order valence-electron chi connectivity index (χ2n) is 7.73. The van der Waals surface area contributed by atoms with E-state index in [0.717, 1.165) is 32.4 Å². The van der Waals surface area contributed by atoms with Crippen molar-refractivity contribution in [3.63, 3.8) is 0 Å². The number of halogens is 1. The van der Waals surface area contributed by atoms with Crippen molar-refractivity contribution in [3.8, 4) is 0 Å². The summed E-state index contributed by atoms with van der Waals surface area (Å²) in [5, 5.41) is 2.11. The maximum absolute atomic E-state index is 13.5. The molecule has 1 aromatic heterocycles. The van der Waals surface area contributed by atoms with Crippen LogP contribution in [-0.2, 0) is 10.2 Å². The Balaban J connectivity index is 0.00000192. The van der Waals surface area contributed by atoms with E-state index in [4.69, 9.17) is 5.73 Å². The average Bonchev–Trinajstić information content (AvgIpc) is 3.05. The van der Waals surface area contributed by atoms with Gasteiger partial charge in [0.15, 0.2) is 0 Å². The van der Waals surface area contributed by atoms with Crippen molar-refractivity contribution in [1.82, 2.24) is 4.90 Å². The van der Waals surface area contributed by atoms with Crippen LogP contribution < -0.4 is 5.73 Å². The minimum atomic E-state index is -0.260. The quantitative estimate of drug-likeness (QED) is 0.871. The molecule has 0 bridgehead atoms. The van der Waals surface area contributed by atoms with Crippen LogP contribution in [0.1, 0.15) is 57.2 Å². The van der Waals surface area contributed by atoms with E-state index in [1.165, 1.54) is 24.1 Å². The van der Waals surface area contributed by atoms with Gasteiger partial charge >= 0.3 is 0 Å². The number of hydrogen-bond acceptors (Lipinski definition) is 3. The highest BCUT2D eigenvalue weighted by atomic mass is 35.5. The zero-order valence-corrected chi connectivity index (χ0v) is 15.8. The van der Waals surface area contributed by atoms with Crippen LogP contribution in [0.3, 0.4) is 0 Å². The average molecular weight is 357 g/mol. The number of nitrogens with zero attached hydrogens (tertiary/aromatic N) is 1. The lowest BCUT2D eigenvalue weighted by molar-refractivity contribution is -0.142. The van der Waals surface area contributed by atoms with Gasteiger partial charge in [-0.2, -0.15) is 0 Å². The van der Waals surface area contributed by atoms with E-state index in [1.54, 1.807) is 11.3 Å². The fourth-order valence-electron chi connectivity index (χ4n) is 4.12. The molecular weight excluding hydrogens is 328 g/mol. The number of amides is 1. The van der Waals surface area contributed by atoms with Crippen molar-refractivity contribution in [3.05, 3.63) is 22.4 Å². The fourth-order valence-corrected chi connectivity index (χ4v) is 5.10. The van der Waals surface area contributed by atoms with Crippen molar-refractivity contribution in [2.45, 2.75) is 63.8 Å². The van der Waals surface area contributed by atoms with Crippen LogP contribution >= 0.6 is 23.7 Å². The van der Waals surface area contributed by atoms with Crippen molar-refractivity contribution in [2.75, 3.05) is 13.1 Å². The highest BCUT2D eigenvalue weighted by molar-refractivity contribution is 7.10. The molecule has 1 saturated carbocycles. The monoisotopic (exact) mass is 356 g/mol. The van der Waals surface area contributed by atoms with Gasteiger partial charge in [0, 0.05) is 24.0 Å². The van der Waals surface area contributed by atoms with Gasteiger partial charge in [-0.25, -0.2) is 0 Å². The molecule has 2 heterocycles. The van der Waals surface area contributed by atoms with Crippen LogP contribution in [0.2, 0.25) is 0 Å². The number of hydrogen-bond donors (Lipinski definition) is 1. The summed E-state index contributed by atoms with van der Waals surface area (Å²) in [5.74, 6) is 0.356. The number of carbonyl (C=O) groups is 1. The molecule has 0 radical (unpaired) electrons. The Kier molecular flexibility index (Phi) is 5.81. The first-order valence-corrected chi connectivity index (χ1v) is 9.43. The van der Waals surface area contributed by atoms with Gasteiger partial charge in [-0.3, -0.25) is 4.79 Å². The molecule has 2 N–H and O–H groups in total. The molecule has 1 aromatic rings. The molecule has 0 spiro atoms. The highest BCUT2D eigenvalue weighted by Crippen LogP contribution is 2.44.